The van der Waals surface area contributed by atoms with E-state index in [-0.39, 0.29) is 36.5 Å². The van der Waals surface area contributed by atoms with Gasteiger partial charge in [0, 0.05) is 12.8 Å². The van der Waals surface area contributed by atoms with E-state index in [0.29, 0.717) is 24.0 Å². The Bertz CT molecular complexity index is 1390. The van der Waals surface area contributed by atoms with Gasteiger partial charge in [0.05, 0.1) is 61.2 Å². The van der Waals surface area contributed by atoms with Crippen molar-refractivity contribution >= 4 is 55.2 Å². The minimum absolute atomic E-state index is 0.120. The molecule has 2 bridgehead atoms. The molecule has 2 spiro atoms. The van der Waals surface area contributed by atoms with Gasteiger partial charge >= 0.3 is 11.9 Å². The van der Waals surface area contributed by atoms with E-state index in [2.05, 4.69) is 0 Å². The van der Waals surface area contributed by atoms with Crippen LogP contribution in [0.2, 0.25) is 0 Å². The first-order valence-electron chi connectivity index (χ1n) is 16.8. The first-order chi connectivity index (χ1) is 23.3. The van der Waals surface area contributed by atoms with Crippen LogP contribution in [0.4, 0.5) is 0 Å². The molecule has 7 unspecified atom stereocenters. The smallest absolute Gasteiger partial charge is 0.311 e. The van der Waals surface area contributed by atoms with Crippen LogP contribution in [0.25, 0.3) is 0 Å². The van der Waals surface area contributed by atoms with Crippen LogP contribution in [-0.4, -0.2) is 90.0 Å². The van der Waals surface area contributed by atoms with Gasteiger partial charge in [-0.15, -0.1) is 0 Å². The lowest BCUT2D eigenvalue weighted by molar-refractivity contribution is -0.174. The van der Waals surface area contributed by atoms with Crippen LogP contribution >= 0.6 is 31.4 Å². The largest absolute Gasteiger partial charge is 0.473 e. The number of aliphatic hydroxyl groups excluding tert-OH is 2. The molecule has 2 amide bonds. The monoisotopic (exact) mass is 736 g/mol. The molecule has 5 saturated heterocycles. The summed E-state index contributed by atoms with van der Waals surface area (Å²) in [5.74, 6) is -3.81. The molecule has 0 aromatic heterocycles. The number of nitrogens with zero attached hydrogens (tertiary/aromatic N) is 2. The fourth-order valence-electron chi connectivity index (χ4n) is 7.45. The number of aliphatic hydroxyl groups is 2. The highest BCUT2D eigenvalue weighted by atomic mass is 33.5. The van der Waals surface area contributed by atoms with E-state index in [0.717, 1.165) is 0 Å². The maximum Gasteiger partial charge on any atom is 0.311 e. The Labute approximate surface area is 297 Å². The third-order valence-electron chi connectivity index (χ3n) is 10.9. The fourth-order valence-corrected chi connectivity index (χ4v) is 13.4. The van der Waals surface area contributed by atoms with Crippen molar-refractivity contribution in [3.63, 3.8) is 0 Å². The Kier molecular flexibility index (Phi) is 10.2. The third kappa shape index (κ3) is 5.81. The number of ether oxygens (including phenoxy) is 4. The number of rotatable bonds is 10. The molecule has 0 aliphatic carbocycles. The van der Waals surface area contributed by atoms with Crippen molar-refractivity contribution in [3.8, 4) is 0 Å². The van der Waals surface area contributed by atoms with Gasteiger partial charge in [-0.2, -0.15) is 0 Å². The molecule has 2 N–H and O–H groups in total. The number of esters is 2. The van der Waals surface area contributed by atoms with Gasteiger partial charge in [0.1, 0.15) is 12.2 Å². The van der Waals surface area contributed by atoms with E-state index in [4.69, 9.17) is 18.9 Å². The van der Waals surface area contributed by atoms with E-state index in [1.54, 1.807) is 35.8 Å². The maximum absolute atomic E-state index is 15.0. The van der Waals surface area contributed by atoms with Crippen molar-refractivity contribution in [2.24, 2.45) is 23.7 Å². The van der Waals surface area contributed by atoms with Crippen LogP contribution in [0.15, 0.2) is 48.3 Å². The van der Waals surface area contributed by atoms with Gasteiger partial charge in [-0.25, -0.2) is 0 Å². The molecule has 5 fully saturated rings. The highest BCUT2D eigenvalue weighted by Crippen LogP contribution is 2.69. The Morgan fingerprint density at radius 1 is 0.796 bits per heavy atom. The summed E-state index contributed by atoms with van der Waals surface area (Å²) in [5, 5.41) is 21.5. The van der Waals surface area contributed by atoms with Crippen molar-refractivity contribution in [2.45, 2.75) is 113 Å². The Morgan fingerprint density at radius 3 is 1.55 bits per heavy atom. The molecule has 7 heterocycles. The maximum atomic E-state index is 15.0. The molecule has 12 atom stereocenters. The second kappa shape index (κ2) is 13.9. The first kappa shape index (κ1) is 36.2. The van der Waals surface area contributed by atoms with Gasteiger partial charge in [-0.05, 0) is 80.4 Å². The molecule has 7 aliphatic heterocycles. The highest BCUT2D eigenvalue weighted by molar-refractivity contribution is 9.10. The van der Waals surface area contributed by atoms with Crippen LogP contribution in [-0.2, 0) is 38.1 Å². The van der Waals surface area contributed by atoms with Crippen molar-refractivity contribution in [3.05, 3.63) is 48.3 Å². The zero-order valence-corrected chi connectivity index (χ0v) is 30.8. The standard InChI is InChI=1S/C34H44N2O10S3/c1-7-17(3)27(37)19(5)29(39)45-23-9-11-43-15-21-13-33-32(42)36-26-22(14-34(36,48-49-47-33)31(41)35(33)25(21)23)16-44-12-10-24(26)46-30(40)20(6)28(38)18(4)8-2/h9-12,15-20,23-28,37-38H,7-8,13-14H2,1-6H3/t17?,18?,19?,20?,23-,24-,25-,26-,27?,28?,33-,34?/m0/s1. The van der Waals surface area contributed by atoms with Crippen molar-refractivity contribution < 1.29 is 48.3 Å². The Morgan fingerprint density at radius 2 is 1.18 bits per heavy atom. The van der Waals surface area contributed by atoms with Crippen LogP contribution in [0, 0.1) is 23.7 Å². The summed E-state index contributed by atoms with van der Waals surface area (Å²) in [6.07, 6.45) is 6.75. The Balaban J connectivity index is 1.33. The van der Waals surface area contributed by atoms with Gasteiger partial charge in [-0.1, -0.05) is 40.5 Å². The van der Waals surface area contributed by atoms with E-state index >= 15 is 9.59 Å². The predicted molar refractivity (Wildman–Crippen MR) is 184 cm³/mol. The van der Waals surface area contributed by atoms with E-state index in [1.165, 1.54) is 56.5 Å². The lowest BCUT2D eigenvalue weighted by Gasteiger charge is -2.51. The van der Waals surface area contributed by atoms with Crippen LogP contribution in [0.5, 0.6) is 0 Å². The van der Waals surface area contributed by atoms with Crippen molar-refractivity contribution in [1.82, 2.24) is 9.80 Å². The summed E-state index contributed by atoms with van der Waals surface area (Å²) in [7, 11) is 3.90. The Hall–Kier alpha value is -2.59. The van der Waals surface area contributed by atoms with Gasteiger partial charge in [0.15, 0.2) is 9.74 Å². The summed E-state index contributed by atoms with van der Waals surface area (Å²) in [4.78, 5) is 57.2. The number of amides is 2. The molecular weight excluding hydrogens is 693 g/mol. The number of carbonyl (C=O) groups is 4. The second-order valence-electron chi connectivity index (χ2n) is 13.8. The SMILES string of the molecule is CCC(C)C(O)C(C)C(=O)O[C@H]1C=COC=C2CC34SSS[C@@]5(CC6=COC=C[C@H](OC(=O)C(C)C(O)C(C)CC)[C@H]6N5C3=O)C(=O)N4[C@@H]21. The van der Waals surface area contributed by atoms with Crippen LogP contribution in [0.3, 0.4) is 0 Å². The number of piperazine rings is 1. The summed E-state index contributed by atoms with van der Waals surface area (Å²) in [6, 6.07) is -1.66. The highest BCUT2D eigenvalue weighted by Gasteiger charge is 2.76. The number of fused-ring (bicyclic) bond motifs is 4. The summed E-state index contributed by atoms with van der Waals surface area (Å²) < 4.78 is 23.3. The van der Waals surface area contributed by atoms with Gasteiger partial charge in [-0.3, -0.25) is 19.2 Å². The van der Waals surface area contributed by atoms with Gasteiger partial charge in [0.2, 0.25) is 0 Å². The topological polar surface area (TPSA) is 152 Å². The van der Waals surface area contributed by atoms with Crippen LogP contribution in [0.1, 0.15) is 67.2 Å². The zero-order chi connectivity index (χ0) is 35.4. The zero-order valence-electron chi connectivity index (χ0n) is 28.3. The van der Waals surface area contributed by atoms with Crippen molar-refractivity contribution in [1.29, 1.82) is 0 Å². The quantitative estimate of drug-likeness (QED) is 0.241. The van der Waals surface area contributed by atoms with E-state index in [9.17, 15) is 19.8 Å². The van der Waals surface area contributed by atoms with E-state index < -0.39 is 70.0 Å². The molecule has 0 radical (unpaired) electrons. The predicted octanol–water partition coefficient (Wildman–Crippen LogP) is 4.40. The van der Waals surface area contributed by atoms with Gasteiger partial charge in [0.25, 0.3) is 11.8 Å². The molecule has 7 aliphatic rings. The summed E-state index contributed by atoms with van der Waals surface area (Å²) >= 11 is 0. The minimum Gasteiger partial charge on any atom is -0.473 e. The molecule has 0 aromatic carbocycles. The number of carbonyl (C=O) groups excluding carboxylic acids is 4. The molecule has 12 nitrogen and oxygen atoms in total. The summed E-state index contributed by atoms with van der Waals surface area (Å²) in [5.41, 5.74) is 1.23. The first-order valence-corrected chi connectivity index (χ1v) is 20.3. The number of hydrogen-bond donors (Lipinski definition) is 2. The molecule has 0 aromatic rings. The average Bonchev–Trinajstić information content (AvgIpc) is 3.33. The molecule has 15 heteroatoms. The average molecular weight is 737 g/mol. The van der Waals surface area contributed by atoms with Gasteiger partial charge < -0.3 is 39.0 Å². The molecule has 268 valence electrons. The number of hydrogen-bond acceptors (Lipinski definition) is 13. The lowest BCUT2D eigenvalue weighted by atomic mass is 9.91. The minimum atomic E-state index is -1.41. The lowest BCUT2D eigenvalue weighted by Crippen LogP contribution is -2.73. The summed E-state index contributed by atoms with van der Waals surface area (Å²) in [6.45, 7) is 10.8. The third-order valence-corrected chi connectivity index (χ3v) is 15.9. The van der Waals surface area contributed by atoms with Crippen LogP contribution < -0.4 is 0 Å². The molecule has 0 saturated carbocycles. The molecule has 7 rings (SSSR count). The van der Waals surface area contributed by atoms with Crippen molar-refractivity contribution in [2.75, 3.05) is 0 Å². The molecule has 49 heavy (non-hydrogen) atoms. The normalized spacial score (nSPS) is 34.9. The second-order valence-corrected chi connectivity index (χ2v) is 18.3. The fraction of sp³-hybridized carbons (Fsp3) is 0.647. The molecular formula is C34H44N2O10S3. The van der Waals surface area contributed by atoms with E-state index in [1.807, 2.05) is 27.7 Å².